The Hall–Kier alpha value is -1.58. The Bertz CT molecular complexity index is 531. The quantitative estimate of drug-likeness (QED) is 0.888. The summed E-state index contributed by atoms with van der Waals surface area (Å²) in [5.74, 6) is 1.10. The number of benzene rings is 1. The van der Waals surface area contributed by atoms with E-state index in [1.807, 2.05) is 10.6 Å². The van der Waals surface area contributed by atoms with Crippen LogP contribution in [0, 0.1) is 17.7 Å². The first-order chi connectivity index (χ1) is 8.00. The molecule has 2 rings (SSSR count). The van der Waals surface area contributed by atoms with Gasteiger partial charge in [0, 0.05) is 6.54 Å². The molecule has 0 bridgehead atoms. The van der Waals surface area contributed by atoms with Crippen molar-refractivity contribution in [1.29, 1.82) is 0 Å². The second kappa shape index (κ2) is 4.35. The van der Waals surface area contributed by atoms with E-state index in [-0.39, 0.29) is 5.82 Å². The van der Waals surface area contributed by atoms with Crippen LogP contribution in [0.5, 0.6) is 0 Å². The van der Waals surface area contributed by atoms with E-state index in [1.54, 1.807) is 6.07 Å². The zero-order valence-corrected chi connectivity index (χ0v) is 10.4. The number of aromatic nitrogens is 2. The third-order valence-corrected chi connectivity index (χ3v) is 3.37. The average molecular weight is 235 g/mol. The van der Waals surface area contributed by atoms with Crippen LogP contribution in [0.25, 0.3) is 11.0 Å². The summed E-state index contributed by atoms with van der Waals surface area (Å²) in [6.45, 7) is 7.26. The van der Waals surface area contributed by atoms with Gasteiger partial charge in [-0.2, -0.15) is 0 Å². The van der Waals surface area contributed by atoms with Gasteiger partial charge < -0.3 is 10.3 Å². The number of halogens is 1. The second-order valence-corrected chi connectivity index (χ2v) is 4.91. The number of fused-ring (bicyclic) bond motifs is 1. The number of nitrogens with two attached hydrogens (primary N) is 1. The maximum atomic E-state index is 13.5. The normalized spacial score (nSPS) is 13.5. The zero-order chi connectivity index (χ0) is 12.6. The van der Waals surface area contributed by atoms with E-state index in [1.165, 1.54) is 6.07 Å². The van der Waals surface area contributed by atoms with Crippen LogP contribution in [0.3, 0.4) is 0 Å². The molecule has 1 aromatic heterocycles. The molecule has 0 saturated carbocycles. The summed E-state index contributed by atoms with van der Waals surface area (Å²) in [5.41, 5.74) is 6.99. The van der Waals surface area contributed by atoms with Crippen molar-refractivity contribution in [2.75, 3.05) is 5.73 Å². The molecule has 17 heavy (non-hydrogen) atoms. The van der Waals surface area contributed by atoms with E-state index in [9.17, 15) is 4.39 Å². The lowest BCUT2D eigenvalue weighted by Crippen LogP contribution is -2.14. The van der Waals surface area contributed by atoms with E-state index in [4.69, 9.17) is 5.73 Å². The Balaban J connectivity index is 2.47. The first-order valence-corrected chi connectivity index (χ1v) is 5.91. The molecule has 0 aliphatic rings. The van der Waals surface area contributed by atoms with Gasteiger partial charge in [-0.05, 0) is 24.0 Å². The largest absolute Gasteiger partial charge is 0.369 e. The van der Waals surface area contributed by atoms with Crippen molar-refractivity contribution >= 4 is 17.0 Å². The maximum absolute atomic E-state index is 13.5. The molecule has 0 spiro atoms. The van der Waals surface area contributed by atoms with Gasteiger partial charge in [0.05, 0.1) is 5.52 Å². The first-order valence-electron chi connectivity index (χ1n) is 5.91. The number of para-hydroxylation sites is 1. The summed E-state index contributed by atoms with van der Waals surface area (Å²) in [6, 6.07) is 4.95. The third-order valence-electron chi connectivity index (χ3n) is 3.37. The summed E-state index contributed by atoms with van der Waals surface area (Å²) in [7, 11) is 0. The zero-order valence-electron chi connectivity index (χ0n) is 10.4. The molecule has 4 heteroatoms. The fourth-order valence-electron chi connectivity index (χ4n) is 1.82. The summed E-state index contributed by atoms with van der Waals surface area (Å²) in [5, 5.41) is 0. The van der Waals surface area contributed by atoms with E-state index in [0.29, 0.717) is 23.3 Å². The predicted molar refractivity (Wildman–Crippen MR) is 68.1 cm³/mol. The molecule has 0 amide bonds. The van der Waals surface area contributed by atoms with Crippen LogP contribution in [-0.4, -0.2) is 9.55 Å². The van der Waals surface area contributed by atoms with Crippen molar-refractivity contribution in [1.82, 2.24) is 9.55 Å². The fraction of sp³-hybridized carbons (Fsp3) is 0.462. The second-order valence-electron chi connectivity index (χ2n) is 4.91. The smallest absolute Gasteiger partial charge is 0.201 e. The monoisotopic (exact) mass is 235 g/mol. The van der Waals surface area contributed by atoms with Gasteiger partial charge in [-0.1, -0.05) is 26.8 Å². The summed E-state index contributed by atoms with van der Waals surface area (Å²) in [4.78, 5) is 4.09. The van der Waals surface area contributed by atoms with Crippen LogP contribution in [0.4, 0.5) is 10.3 Å². The fourth-order valence-corrected chi connectivity index (χ4v) is 1.82. The lowest BCUT2D eigenvalue weighted by molar-refractivity contribution is 0.371. The van der Waals surface area contributed by atoms with Crippen molar-refractivity contribution in [3.63, 3.8) is 0 Å². The molecule has 2 N–H and O–H groups in total. The van der Waals surface area contributed by atoms with Gasteiger partial charge in [0.15, 0.2) is 5.82 Å². The number of nitrogen functional groups attached to an aromatic ring is 1. The predicted octanol–water partition coefficient (Wildman–Crippen LogP) is 3.05. The van der Waals surface area contributed by atoms with Gasteiger partial charge in [0.25, 0.3) is 0 Å². The van der Waals surface area contributed by atoms with E-state index < -0.39 is 0 Å². The number of imidazole rings is 1. The molecular weight excluding hydrogens is 217 g/mol. The molecule has 1 atom stereocenters. The molecule has 0 fully saturated rings. The summed E-state index contributed by atoms with van der Waals surface area (Å²) < 4.78 is 15.4. The summed E-state index contributed by atoms with van der Waals surface area (Å²) in [6.07, 6.45) is 0. The van der Waals surface area contributed by atoms with Crippen LogP contribution >= 0.6 is 0 Å². The van der Waals surface area contributed by atoms with Crippen molar-refractivity contribution in [2.45, 2.75) is 27.3 Å². The molecule has 0 aliphatic heterocycles. The van der Waals surface area contributed by atoms with Crippen molar-refractivity contribution in [2.24, 2.45) is 11.8 Å². The molecular formula is C13H18FN3. The van der Waals surface area contributed by atoms with Gasteiger partial charge in [-0.25, -0.2) is 9.37 Å². The highest BCUT2D eigenvalue weighted by Crippen LogP contribution is 2.23. The Morgan fingerprint density at radius 3 is 2.71 bits per heavy atom. The SMILES string of the molecule is CC(C)C(C)Cn1c(N)nc2c(F)cccc21. The minimum Gasteiger partial charge on any atom is -0.369 e. The lowest BCUT2D eigenvalue weighted by Gasteiger charge is -2.17. The Kier molecular flexibility index (Phi) is 3.05. The minimum atomic E-state index is -0.315. The number of nitrogens with zero attached hydrogens (tertiary/aromatic N) is 2. The summed E-state index contributed by atoms with van der Waals surface area (Å²) >= 11 is 0. The van der Waals surface area contributed by atoms with Crippen LogP contribution in [0.15, 0.2) is 18.2 Å². The van der Waals surface area contributed by atoms with Gasteiger partial charge in [-0.15, -0.1) is 0 Å². The molecule has 92 valence electrons. The highest BCUT2D eigenvalue weighted by molar-refractivity contribution is 5.78. The number of hydrogen-bond acceptors (Lipinski definition) is 2. The average Bonchev–Trinajstić information content (AvgIpc) is 2.58. The van der Waals surface area contributed by atoms with Crippen LogP contribution in [0.1, 0.15) is 20.8 Å². The Morgan fingerprint density at radius 2 is 2.06 bits per heavy atom. The highest BCUT2D eigenvalue weighted by Gasteiger charge is 2.15. The van der Waals surface area contributed by atoms with E-state index in [0.717, 1.165) is 12.1 Å². The maximum Gasteiger partial charge on any atom is 0.201 e. The molecule has 0 saturated heterocycles. The number of anilines is 1. The van der Waals surface area contributed by atoms with E-state index in [2.05, 4.69) is 25.8 Å². The standard InChI is InChI=1S/C13H18FN3/c1-8(2)9(3)7-17-11-6-4-5-10(14)12(11)16-13(17)15/h4-6,8-9H,7H2,1-3H3,(H2,15,16). The molecule has 1 unspecified atom stereocenters. The Labute approximate surface area is 100 Å². The van der Waals surface area contributed by atoms with Crippen molar-refractivity contribution in [3.05, 3.63) is 24.0 Å². The number of rotatable bonds is 3. The molecule has 1 heterocycles. The molecule has 1 aromatic carbocycles. The van der Waals surface area contributed by atoms with Crippen LogP contribution in [-0.2, 0) is 6.54 Å². The first kappa shape index (κ1) is 11.9. The molecule has 0 radical (unpaired) electrons. The van der Waals surface area contributed by atoms with Crippen LogP contribution < -0.4 is 5.73 Å². The number of hydrogen-bond donors (Lipinski definition) is 1. The lowest BCUT2D eigenvalue weighted by atomic mass is 9.98. The molecule has 3 nitrogen and oxygen atoms in total. The minimum absolute atomic E-state index is 0.315. The Morgan fingerprint density at radius 1 is 1.35 bits per heavy atom. The molecule has 0 aliphatic carbocycles. The van der Waals surface area contributed by atoms with Gasteiger partial charge >= 0.3 is 0 Å². The topological polar surface area (TPSA) is 43.8 Å². The highest BCUT2D eigenvalue weighted by atomic mass is 19.1. The third kappa shape index (κ3) is 2.12. The van der Waals surface area contributed by atoms with Crippen molar-refractivity contribution < 1.29 is 4.39 Å². The van der Waals surface area contributed by atoms with Gasteiger partial charge in [0.1, 0.15) is 5.52 Å². The molecule has 2 aromatic rings. The van der Waals surface area contributed by atoms with Crippen LogP contribution in [0.2, 0.25) is 0 Å². The van der Waals surface area contributed by atoms with Crippen molar-refractivity contribution in [3.8, 4) is 0 Å². The van der Waals surface area contributed by atoms with Gasteiger partial charge in [0.2, 0.25) is 5.95 Å². The van der Waals surface area contributed by atoms with Gasteiger partial charge in [-0.3, -0.25) is 0 Å². The van der Waals surface area contributed by atoms with E-state index >= 15 is 0 Å².